The second kappa shape index (κ2) is 7.54. The Labute approximate surface area is 157 Å². The normalized spacial score (nSPS) is 15.8. The van der Waals surface area contributed by atoms with E-state index < -0.39 is 5.97 Å². The fraction of sp³-hybridized carbons (Fsp3) is 0.400. The van der Waals surface area contributed by atoms with Gasteiger partial charge in [-0.1, -0.05) is 36.6 Å². The molecule has 26 heavy (non-hydrogen) atoms. The maximum absolute atomic E-state index is 12.7. The SMILES string of the molecule is Cc1coc(CC(=O)O)c1C(=O)NCC1(c2cccc(Cl)c2)CCCC1. The molecule has 1 aromatic carbocycles. The number of carboxylic acids is 1. The van der Waals surface area contributed by atoms with Crippen molar-refractivity contribution >= 4 is 23.5 Å². The number of hydrogen-bond donors (Lipinski definition) is 2. The first-order valence-electron chi connectivity index (χ1n) is 8.74. The van der Waals surface area contributed by atoms with Gasteiger partial charge in [-0.25, -0.2) is 0 Å². The third-order valence-electron chi connectivity index (χ3n) is 5.17. The van der Waals surface area contributed by atoms with Gasteiger partial charge in [0.1, 0.15) is 12.2 Å². The van der Waals surface area contributed by atoms with Gasteiger partial charge >= 0.3 is 5.97 Å². The van der Waals surface area contributed by atoms with E-state index in [0.29, 0.717) is 22.7 Å². The molecule has 0 bridgehead atoms. The first-order chi connectivity index (χ1) is 12.4. The summed E-state index contributed by atoms with van der Waals surface area (Å²) in [7, 11) is 0. The van der Waals surface area contributed by atoms with Crippen LogP contribution in [0.4, 0.5) is 0 Å². The third kappa shape index (κ3) is 3.78. The van der Waals surface area contributed by atoms with Crippen LogP contribution in [0.15, 0.2) is 34.9 Å². The molecule has 6 heteroatoms. The van der Waals surface area contributed by atoms with Crippen LogP contribution in [0.3, 0.4) is 0 Å². The summed E-state index contributed by atoms with van der Waals surface area (Å²) in [5, 5.41) is 12.7. The number of aryl methyl sites for hydroxylation is 1. The molecule has 3 rings (SSSR count). The van der Waals surface area contributed by atoms with Crippen molar-refractivity contribution in [2.45, 2.75) is 44.4 Å². The number of carboxylic acid groups (broad SMARTS) is 1. The monoisotopic (exact) mass is 375 g/mol. The van der Waals surface area contributed by atoms with Crippen molar-refractivity contribution in [3.8, 4) is 0 Å². The number of nitrogens with one attached hydrogen (secondary N) is 1. The highest BCUT2D eigenvalue weighted by atomic mass is 35.5. The maximum Gasteiger partial charge on any atom is 0.311 e. The minimum Gasteiger partial charge on any atom is -0.481 e. The lowest BCUT2D eigenvalue weighted by Gasteiger charge is -2.30. The second-order valence-electron chi connectivity index (χ2n) is 6.97. The Hall–Kier alpha value is -2.27. The van der Waals surface area contributed by atoms with Gasteiger partial charge in [0, 0.05) is 22.5 Å². The van der Waals surface area contributed by atoms with Crippen LogP contribution in [0.1, 0.15) is 52.9 Å². The topological polar surface area (TPSA) is 79.5 Å². The van der Waals surface area contributed by atoms with Crippen molar-refractivity contribution in [2.75, 3.05) is 6.54 Å². The second-order valence-corrected chi connectivity index (χ2v) is 7.40. The molecule has 1 saturated carbocycles. The van der Waals surface area contributed by atoms with Crippen LogP contribution in [0.25, 0.3) is 0 Å². The van der Waals surface area contributed by atoms with E-state index in [2.05, 4.69) is 11.4 Å². The van der Waals surface area contributed by atoms with Gasteiger partial charge in [0.15, 0.2) is 0 Å². The van der Waals surface area contributed by atoms with E-state index in [-0.39, 0.29) is 23.5 Å². The number of carbonyl (C=O) groups excluding carboxylic acids is 1. The molecule has 1 aliphatic rings. The summed E-state index contributed by atoms with van der Waals surface area (Å²) in [6.07, 6.45) is 5.31. The van der Waals surface area contributed by atoms with Gasteiger partial charge in [0.05, 0.1) is 11.8 Å². The molecule has 0 spiro atoms. The Morgan fingerprint density at radius 1 is 1.31 bits per heavy atom. The quantitative estimate of drug-likeness (QED) is 0.796. The molecule has 0 saturated heterocycles. The number of carbonyl (C=O) groups is 2. The van der Waals surface area contributed by atoms with Crippen LogP contribution in [0, 0.1) is 6.92 Å². The highest BCUT2D eigenvalue weighted by Crippen LogP contribution is 2.41. The smallest absolute Gasteiger partial charge is 0.311 e. The number of aliphatic carboxylic acids is 1. The van der Waals surface area contributed by atoms with Crippen LogP contribution in [-0.4, -0.2) is 23.5 Å². The van der Waals surface area contributed by atoms with Crippen LogP contribution in [0.5, 0.6) is 0 Å². The number of amides is 1. The van der Waals surface area contributed by atoms with Gasteiger partial charge in [-0.15, -0.1) is 0 Å². The van der Waals surface area contributed by atoms with Crippen molar-refractivity contribution in [1.82, 2.24) is 5.32 Å². The van der Waals surface area contributed by atoms with Gasteiger partial charge in [0.2, 0.25) is 0 Å². The molecule has 0 radical (unpaired) electrons. The lowest BCUT2D eigenvalue weighted by Crippen LogP contribution is -2.39. The summed E-state index contributed by atoms with van der Waals surface area (Å²) < 4.78 is 5.27. The van der Waals surface area contributed by atoms with Gasteiger partial charge in [-0.05, 0) is 37.5 Å². The van der Waals surface area contributed by atoms with E-state index in [0.717, 1.165) is 31.2 Å². The van der Waals surface area contributed by atoms with Gasteiger partial charge in [-0.2, -0.15) is 0 Å². The minimum atomic E-state index is -1.03. The summed E-state index contributed by atoms with van der Waals surface area (Å²) in [6.45, 7) is 2.23. The molecule has 138 valence electrons. The van der Waals surface area contributed by atoms with Gasteiger partial charge in [-0.3, -0.25) is 9.59 Å². The molecular formula is C20H22ClNO4. The van der Waals surface area contributed by atoms with Crippen LogP contribution < -0.4 is 5.32 Å². The average Bonchev–Trinajstić information content (AvgIpc) is 3.20. The molecule has 5 nitrogen and oxygen atoms in total. The molecule has 0 aliphatic heterocycles. The van der Waals surface area contributed by atoms with E-state index in [1.807, 2.05) is 18.2 Å². The standard InChI is InChI=1S/C20H22ClNO4/c1-13-11-26-16(10-17(23)24)18(13)19(25)22-12-20(7-2-3-8-20)14-5-4-6-15(21)9-14/h4-6,9,11H,2-3,7-8,10,12H2,1H3,(H,22,25)(H,23,24). The first-order valence-corrected chi connectivity index (χ1v) is 9.12. The largest absolute Gasteiger partial charge is 0.481 e. The third-order valence-corrected chi connectivity index (χ3v) is 5.41. The summed E-state index contributed by atoms with van der Waals surface area (Å²) in [5.74, 6) is -1.13. The van der Waals surface area contributed by atoms with Gasteiger partial charge in [0.25, 0.3) is 5.91 Å². The first kappa shape index (κ1) is 18.5. The Bertz CT molecular complexity index is 821. The molecule has 1 aromatic heterocycles. The van der Waals surface area contributed by atoms with Gasteiger partial charge < -0.3 is 14.8 Å². The number of hydrogen-bond acceptors (Lipinski definition) is 3. The Kier molecular flexibility index (Phi) is 5.37. The summed E-state index contributed by atoms with van der Waals surface area (Å²) in [5.41, 5.74) is 1.97. The van der Waals surface area contributed by atoms with Crippen molar-refractivity contribution in [3.05, 3.63) is 58.0 Å². The Morgan fingerprint density at radius 2 is 2.04 bits per heavy atom. The summed E-state index contributed by atoms with van der Waals surface area (Å²) in [6, 6.07) is 7.81. The summed E-state index contributed by atoms with van der Waals surface area (Å²) in [4.78, 5) is 23.7. The van der Waals surface area contributed by atoms with Crippen molar-refractivity contribution < 1.29 is 19.1 Å². The van der Waals surface area contributed by atoms with E-state index >= 15 is 0 Å². The average molecular weight is 376 g/mol. The fourth-order valence-electron chi connectivity index (χ4n) is 3.85. The molecule has 1 amide bonds. The zero-order valence-corrected chi connectivity index (χ0v) is 15.4. The zero-order chi connectivity index (χ0) is 18.7. The predicted octanol–water partition coefficient (Wildman–Crippen LogP) is 4.11. The fourth-order valence-corrected chi connectivity index (χ4v) is 4.04. The van der Waals surface area contributed by atoms with Crippen LogP contribution >= 0.6 is 11.6 Å². The Morgan fingerprint density at radius 3 is 2.69 bits per heavy atom. The molecule has 2 N–H and O–H groups in total. The highest BCUT2D eigenvalue weighted by Gasteiger charge is 2.36. The number of rotatable bonds is 6. The van der Waals surface area contributed by atoms with E-state index in [9.17, 15) is 9.59 Å². The molecule has 1 fully saturated rings. The molecule has 1 aliphatic carbocycles. The Balaban J connectivity index is 1.79. The molecular weight excluding hydrogens is 354 g/mol. The van der Waals surface area contributed by atoms with Crippen molar-refractivity contribution in [3.63, 3.8) is 0 Å². The van der Waals surface area contributed by atoms with Crippen LogP contribution in [0.2, 0.25) is 5.02 Å². The number of benzene rings is 1. The van der Waals surface area contributed by atoms with Crippen molar-refractivity contribution in [2.24, 2.45) is 0 Å². The van der Waals surface area contributed by atoms with E-state index in [4.69, 9.17) is 21.1 Å². The van der Waals surface area contributed by atoms with E-state index in [1.54, 1.807) is 6.92 Å². The van der Waals surface area contributed by atoms with E-state index in [1.165, 1.54) is 6.26 Å². The lowest BCUT2D eigenvalue weighted by molar-refractivity contribution is -0.136. The van der Waals surface area contributed by atoms with Crippen molar-refractivity contribution in [1.29, 1.82) is 0 Å². The lowest BCUT2D eigenvalue weighted by atomic mass is 9.78. The predicted molar refractivity (Wildman–Crippen MR) is 98.7 cm³/mol. The number of furan rings is 1. The molecule has 0 unspecified atom stereocenters. The molecule has 0 atom stereocenters. The maximum atomic E-state index is 12.7. The molecule has 1 heterocycles. The van der Waals surface area contributed by atoms with Crippen LogP contribution in [-0.2, 0) is 16.6 Å². The summed E-state index contributed by atoms with van der Waals surface area (Å²) >= 11 is 6.16. The minimum absolute atomic E-state index is 0.134. The number of halogens is 1. The molecule has 2 aromatic rings. The zero-order valence-electron chi connectivity index (χ0n) is 14.7. The highest BCUT2D eigenvalue weighted by molar-refractivity contribution is 6.30.